The number of amides is 1. The van der Waals surface area contributed by atoms with Gasteiger partial charge in [0.1, 0.15) is 0 Å². The molecule has 3 heteroatoms. The fourth-order valence-corrected chi connectivity index (χ4v) is 1.14. The van der Waals surface area contributed by atoms with Crippen molar-refractivity contribution in [2.75, 3.05) is 6.54 Å². The lowest BCUT2D eigenvalue weighted by molar-refractivity contribution is -0.116. The van der Waals surface area contributed by atoms with Crippen LogP contribution in [0.15, 0.2) is 10.5 Å². The highest BCUT2D eigenvalue weighted by Gasteiger charge is 2.11. The quantitative estimate of drug-likeness (QED) is 0.507. The molecule has 0 radical (unpaired) electrons. The number of hydrogen-bond donors (Lipinski definition) is 2. The molecular formula is C7H11NOS. The zero-order valence-corrected chi connectivity index (χ0v) is 6.87. The predicted octanol–water partition coefficient (Wildman–Crippen LogP) is 1.10. The molecule has 10 heavy (non-hydrogen) atoms. The lowest BCUT2D eigenvalue weighted by atomic mass is 10.2. The summed E-state index contributed by atoms with van der Waals surface area (Å²) in [6.45, 7) is 2.73. The highest BCUT2D eigenvalue weighted by Crippen LogP contribution is 2.16. The van der Waals surface area contributed by atoms with Gasteiger partial charge < -0.3 is 5.32 Å². The van der Waals surface area contributed by atoms with Crippen LogP contribution in [-0.4, -0.2) is 12.5 Å². The van der Waals surface area contributed by atoms with Crippen LogP contribution in [0.5, 0.6) is 0 Å². The monoisotopic (exact) mass is 157 g/mol. The molecule has 1 rings (SSSR count). The molecule has 0 saturated carbocycles. The smallest absolute Gasteiger partial charge is 0.257 e. The number of hydrogen-bond acceptors (Lipinski definition) is 2. The van der Waals surface area contributed by atoms with Gasteiger partial charge in [-0.3, -0.25) is 4.79 Å². The zero-order chi connectivity index (χ0) is 7.56. The van der Waals surface area contributed by atoms with Gasteiger partial charge in [0, 0.05) is 6.54 Å². The Bertz CT molecular complexity index is 186. The van der Waals surface area contributed by atoms with Crippen LogP contribution in [-0.2, 0) is 4.79 Å². The maximum Gasteiger partial charge on any atom is 0.257 e. The first-order valence-electron chi connectivity index (χ1n) is 3.38. The van der Waals surface area contributed by atoms with Gasteiger partial charge in [-0.25, -0.2) is 0 Å². The van der Waals surface area contributed by atoms with Crippen LogP contribution in [0.4, 0.5) is 0 Å². The SMILES string of the molecule is CC1=C(S)C(=O)NCCC1. The molecule has 1 aliphatic heterocycles. The Morgan fingerprint density at radius 2 is 2.30 bits per heavy atom. The van der Waals surface area contributed by atoms with Crippen molar-refractivity contribution in [3.63, 3.8) is 0 Å². The van der Waals surface area contributed by atoms with Gasteiger partial charge >= 0.3 is 0 Å². The van der Waals surface area contributed by atoms with Crippen LogP contribution in [0.2, 0.25) is 0 Å². The van der Waals surface area contributed by atoms with E-state index in [1.807, 2.05) is 6.92 Å². The summed E-state index contributed by atoms with van der Waals surface area (Å²) in [6, 6.07) is 0. The minimum atomic E-state index is -0.0293. The summed E-state index contributed by atoms with van der Waals surface area (Å²) >= 11 is 4.09. The van der Waals surface area contributed by atoms with Gasteiger partial charge in [0.2, 0.25) is 0 Å². The van der Waals surface area contributed by atoms with Crippen LogP contribution in [0.3, 0.4) is 0 Å². The lowest BCUT2D eigenvalue weighted by Crippen LogP contribution is -2.22. The normalized spacial score (nSPS) is 20.4. The number of allylic oxidation sites excluding steroid dienone is 1. The van der Waals surface area contributed by atoms with Crippen molar-refractivity contribution in [2.24, 2.45) is 0 Å². The average molecular weight is 157 g/mol. The number of carbonyl (C=O) groups is 1. The molecule has 0 aromatic heterocycles. The van der Waals surface area contributed by atoms with Crippen molar-refractivity contribution in [3.8, 4) is 0 Å². The number of carbonyl (C=O) groups excluding carboxylic acids is 1. The second kappa shape index (κ2) is 3.10. The van der Waals surface area contributed by atoms with E-state index < -0.39 is 0 Å². The average Bonchev–Trinajstić information content (AvgIpc) is 2.04. The van der Waals surface area contributed by atoms with Crippen LogP contribution in [0, 0.1) is 0 Å². The molecule has 0 saturated heterocycles. The van der Waals surface area contributed by atoms with E-state index in [4.69, 9.17) is 0 Å². The van der Waals surface area contributed by atoms with Gasteiger partial charge in [0.25, 0.3) is 5.91 Å². The highest BCUT2D eigenvalue weighted by molar-refractivity contribution is 7.85. The third-order valence-corrected chi connectivity index (χ3v) is 2.22. The summed E-state index contributed by atoms with van der Waals surface area (Å²) in [5.41, 5.74) is 1.10. The Labute approximate surface area is 66.1 Å². The lowest BCUT2D eigenvalue weighted by Gasteiger charge is -1.98. The summed E-state index contributed by atoms with van der Waals surface area (Å²) in [6.07, 6.45) is 2.01. The Hall–Kier alpha value is -0.440. The molecule has 0 aromatic carbocycles. The van der Waals surface area contributed by atoms with E-state index in [9.17, 15) is 4.79 Å². The first-order valence-corrected chi connectivity index (χ1v) is 3.83. The third-order valence-electron chi connectivity index (χ3n) is 1.63. The molecule has 0 aromatic rings. The summed E-state index contributed by atoms with van der Waals surface area (Å²) in [4.78, 5) is 11.6. The van der Waals surface area contributed by atoms with Crippen LogP contribution in [0.1, 0.15) is 19.8 Å². The first-order chi connectivity index (χ1) is 4.72. The van der Waals surface area contributed by atoms with Gasteiger partial charge in [0.05, 0.1) is 4.91 Å². The summed E-state index contributed by atoms with van der Waals surface area (Å²) in [7, 11) is 0. The van der Waals surface area contributed by atoms with Crippen molar-refractivity contribution < 1.29 is 4.79 Å². The summed E-state index contributed by atoms with van der Waals surface area (Å²) in [5.74, 6) is -0.0293. The largest absolute Gasteiger partial charge is 0.352 e. The number of rotatable bonds is 0. The van der Waals surface area contributed by atoms with E-state index in [0.29, 0.717) is 4.91 Å². The van der Waals surface area contributed by atoms with E-state index in [1.165, 1.54) is 0 Å². The Kier molecular flexibility index (Phi) is 2.38. The van der Waals surface area contributed by atoms with Crippen molar-refractivity contribution in [1.29, 1.82) is 0 Å². The number of thiol groups is 1. The molecule has 1 amide bonds. The van der Waals surface area contributed by atoms with Gasteiger partial charge in [-0.2, -0.15) is 0 Å². The van der Waals surface area contributed by atoms with Crippen molar-refractivity contribution in [1.82, 2.24) is 5.32 Å². The zero-order valence-electron chi connectivity index (χ0n) is 5.98. The molecular weight excluding hydrogens is 146 g/mol. The van der Waals surface area contributed by atoms with Gasteiger partial charge in [-0.1, -0.05) is 5.57 Å². The molecule has 1 aliphatic rings. The molecule has 0 spiro atoms. The fraction of sp³-hybridized carbons (Fsp3) is 0.571. The fourth-order valence-electron chi connectivity index (χ4n) is 0.951. The minimum absolute atomic E-state index is 0.0293. The summed E-state index contributed by atoms with van der Waals surface area (Å²) in [5, 5.41) is 2.75. The molecule has 1 heterocycles. The van der Waals surface area contributed by atoms with Crippen molar-refractivity contribution in [2.45, 2.75) is 19.8 Å². The minimum Gasteiger partial charge on any atom is -0.352 e. The van der Waals surface area contributed by atoms with E-state index >= 15 is 0 Å². The van der Waals surface area contributed by atoms with Crippen LogP contribution >= 0.6 is 12.6 Å². The Balaban J connectivity index is 2.79. The number of nitrogens with one attached hydrogen (secondary N) is 1. The van der Waals surface area contributed by atoms with Crippen molar-refractivity contribution >= 4 is 18.5 Å². The Morgan fingerprint density at radius 3 is 3.00 bits per heavy atom. The van der Waals surface area contributed by atoms with E-state index in [-0.39, 0.29) is 5.91 Å². The van der Waals surface area contributed by atoms with E-state index in [2.05, 4.69) is 17.9 Å². The second-order valence-electron chi connectivity index (χ2n) is 2.49. The molecule has 56 valence electrons. The molecule has 0 aliphatic carbocycles. The van der Waals surface area contributed by atoms with E-state index in [1.54, 1.807) is 0 Å². The molecule has 1 N–H and O–H groups in total. The molecule has 0 atom stereocenters. The van der Waals surface area contributed by atoms with E-state index in [0.717, 1.165) is 25.0 Å². The van der Waals surface area contributed by atoms with Crippen LogP contribution in [0.25, 0.3) is 0 Å². The highest BCUT2D eigenvalue weighted by atomic mass is 32.1. The van der Waals surface area contributed by atoms with Gasteiger partial charge in [-0.05, 0) is 19.8 Å². The third kappa shape index (κ3) is 1.53. The summed E-state index contributed by atoms with van der Waals surface area (Å²) < 4.78 is 0. The Morgan fingerprint density at radius 1 is 1.60 bits per heavy atom. The van der Waals surface area contributed by atoms with Gasteiger partial charge in [0.15, 0.2) is 0 Å². The molecule has 0 bridgehead atoms. The first kappa shape index (κ1) is 7.66. The van der Waals surface area contributed by atoms with Crippen LogP contribution < -0.4 is 5.32 Å². The molecule has 2 nitrogen and oxygen atoms in total. The predicted molar refractivity (Wildman–Crippen MR) is 43.9 cm³/mol. The second-order valence-corrected chi connectivity index (χ2v) is 2.94. The molecule has 0 unspecified atom stereocenters. The maximum atomic E-state index is 11.0. The maximum absolute atomic E-state index is 11.0. The van der Waals surface area contributed by atoms with Gasteiger partial charge in [-0.15, -0.1) is 12.6 Å². The molecule has 0 fully saturated rings. The standard InChI is InChI=1S/C7H11NOS/c1-5-3-2-4-8-7(9)6(5)10/h10H,2-4H2,1H3,(H,8,9). The topological polar surface area (TPSA) is 29.1 Å². The van der Waals surface area contributed by atoms with Crippen molar-refractivity contribution in [3.05, 3.63) is 10.5 Å².